The van der Waals surface area contributed by atoms with Crippen molar-refractivity contribution in [2.24, 2.45) is 0 Å². The Morgan fingerprint density at radius 2 is 1.91 bits per heavy atom. The van der Waals surface area contributed by atoms with Crippen LogP contribution >= 0.6 is 0 Å². The smallest absolute Gasteiger partial charge is 0.123 e. The highest BCUT2D eigenvalue weighted by Gasteiger charge is 2.03. The monoisotopic (exact) mass is 296 g/mol. The summed E-state index contributed by atoms with van der Waals surface area (Å²) >= 11 is 0. The van der Waals surface area contributed by atoms with Crippen molar-refractivity contribution in [3.05, 3.63) is 65.2 Å². The summed E-state index contributed by atoms with van der Waals surface area (Å²) in [5.74, 6) is 0.873. The van der Waals surface area contributed by atoms with Crippen LogP contribution in [-0.2, 0) is 17.8 Å². The molecule has 2 aromatic rings. The SMILES string of the molecule is COCCOc1ccccc1CNCc1cccc(C#N)c1. The number of nitrogens with zero attached hydrogens (tertiary/aromatic N) is 1. The van der Waals surface area contributed by atoms with E-state index in [4.69, 9.17) is 14.7 Å². The van der Waals surface area contributed by atoms with E-state index in [1.54, 1.807) is 7.11 Å². The number of nitrogens with one attached hydrogen (secondary N) is 1. The third-order valence-corrected chi connectivity index (χ3v) is 3.22. The van der Waals surface area contributed by atoms with Crippen molar-refractivity contribution >= 4 is 0 Å². The van der Waals surface area contributed by atoms with Gasteiger partial charge in [0.15, 0.2) is 0 Å². The van der Waals surface area contributed by atoms with E-state index >= 15 is 0 Å². The van der Waals surface area contributed by atoms with Crippen molar-refractivity contribution in [3.8, 4) is 11.8 Å². The predicted octanol–water partition coefficient (Wildman–Crippen LogP) is 2.87. The average Bonchev–Trinajstić information content (AvgIpc) is 2.57. The first-order chi connectivity index (χ1) is 10.8. The molecule has 0 unspecified atom stereocenters. The van der Waals surface area contributed by atoms with Gasteiger partial charge >= 0.3 is 0 Å². The zero-order valence-corrected chi connectivity index (χ0v) is 12.7. The quantitative estimate of drug-likeness (QED) is 0.761. The molecule has 114 valence electrons. The van der Waals surface area contributed by atoms with Crippen LogP contribution in [0.2, 0.25) is 0 Å². The van der Waals surface area contributed by atoms with Gasteiger partial charge in [-0.15, -0.1) is 0 Å². The van der Waals surface area contributed by atoms with Crippen LogP contribution in [0.3, 0.4) is 0 Å². The summed E-state index contributed by atoms with van der Waals surface area (Å²) < 4.78 is 10.7. The van der Waals surface area contributed by atoms with Gasteiger partial charge in [0, 0.05) is 25.8 Å². The van der Waals surface area contributed by atoms with Gasteiger partial charge in [-0.1, -0.05) is 30.3 Å². The van der Waals surface area contributed by atoms with E-state index in [0.29, 0.717) is 31.9 Å². The van der Waals surface area contributed by atoms with E-state index in [2.05, 4.69) is 11.4 Å². The maximum Gasteiger partial charge on any atom is 0.123 e. The number of methoxy groups -OCH3 is 1. The van der Waals surface area contributed by atoms with E-state index in [0.717, 1.165) is 16.9 Å². The van der Waals surface area contributed by atoms with E-state index < -0.39 is 0 Å². The first kappa shape index (κ1) is 16.0. The normalized spacial score (nSPS) is 10.2. The number of hydrogen-bond acceptors (Lipinski definition) is 4. The Bertz CT molecular complexity index is 635. The minimum absolute atomic E-state index is 0.539. The van der Waals surface area contributed by atoms with Crippen LogP contribution in [0, 0.1) is 11.3 Å². The minimum Gasteiger partial charge on any atom is -0.491 e. The second kappa shape index (κ2) is 8.83. The summed E-state index contributed by atoms with van der Waals surface area (Å²) in [6.07, 6.45) is 0. The summed E-state index contributed by atoms with van der Waals surface area (Å²) in [7, 11) is 1.66. The maximum absolute atomic E-state index is 8.91. The Hall–Kier alpha value is -2.35. The second-order valence-corrected chi connectivity index (χ2v) is 4.86. The minimum atomic E-state index is 0.539. The molecule has 0 bridgehead atoms. The fraction of sp³-hybridized carbons (Fsp3) is 0.278. The highest BCUT2D eigenvalue weighted by molar-refractivity contribution is 5.34. The molecule has 0 saturated carbocycles. The van der Waals surface area contributed by atoms with Gasteiger partial charge in [-0.25, -0.2) is 0 Å². The molecule has 2 rings (SSSR count). The first-order valence-corrected chi connectivity index (χ1v) is 7.23. The number of rotatable bonds is 8. The Labute approximate surface area is 131 Å². The summed E-state index contributed by atoms with van der Waals surface area (Å²) in [5, 5.41) is 12.3. The van der Waals surface area contributed by atoms with Crippen LogP contribution in [-0.4, -0.2) is 20.3 Å². The molecule has 0 aromatic heterocycles. The zero-order valence-electron chi connectivity index (χ0n) is 12.7. The van der Waals surface area contributed by atoms with Gasteiger partial charge in [0.25, 0.3) is 0 Å². The molecule has 0 aliphatic heterocycles. The van der Waals surface area contributed by atoms with Gasteiger partial charge < -0.3 is 14.8 Å². The molecule has 1 N–H and O–H groups in total. The third-order valence-electron chi connectivity index (χ3n) is 3.22. The van der Waals surface area contributed by atoms with Gasteiger partial charge in [-0.2, -0.15) is 5.26 Å². The first-order valence-electron chi connectivity index (χ1n) is 7.23. The van der Waals surface area contributed by atoms with Gasteiger partial charge in [-0.05, 0) is 23.8 Å². The molecule has 4 heteroatoms. The molecule has 0 amide bonds. The summed E-state index contributed by atoms with van der Waals surface area (Å²) in [5.41, 5.74) is 2.88. The van der Waals surface area contributed by atoms with Crippen molar-refractivity contribution in [3.63, 3.8) is 0 Å². The Morgan fingerprint density at radius 1 is 1.05 bits per heavy atom. The van der Waals surface area contributed by atoms with Gasteiger partial charge in [0.1, 0.15) is 12.4 Å². The van der Waals surface area contributed by atoms with E-state index in [1.807, 2.05) is 48.5 Å². The summed E-state index contributed by atoms with van der Waals surface area (Å²) in [6, 6.07) is 17.7. The molecule has 0 spiro atoms. The molecular formula is C18H20N2O2. The standard InChI is InChI=1S/C18H20N2O2/c1-21-9-10-22-18-8-3-2-7-17(18)14-20-13-16-6-4-5-15(11-16)12-19/h2-8,11,20H,9-10,13-14H2,1H3. The third kappa shape index (κ3) is 4.88. The summed E-state index contributed by atoms with van der Waals surface area (Å²) in [6.45, 7) is 2.53. The Balaban J connectivity index is 1.89. The lowest BCUT2D eigenvalue weighted by Crippen LogP contribution is -2.14. The zero-order chi connectivity index (χ0) is 15.6. The Kier molecular flexibility index (Phi) is 6.43. The molecule has 0 aliphatic carbocycles. The van der Waals surface area contributed by atoms with Gasteiger partial charge in [-0.3, -0.25) is 0 Å². The molecule has 4 nitrogen and oxygen atoms in total. The lowest BCUT2D eigenvalue weighted by molar-refractivity contribution is 0.145. The van der Waals surface area contributed by atoms with Crippen LogP contribution in [0.4, 0.5) is 0 Å². The fourth-order valence-corrected chi connectivity index (χ4v) is 2.12. The number of benzene rings is 2. The van der Waals surface area contributed by atoms with Crippen molar-refractivity contribution in [1.82, 2.24) is 5.32 Å². The van der Waals surface area contributed by atoms with Crippen LogP contribution < -0.4 is 10.1 Å². The van der Waals surface area contributed by atoms with Gasteiger partial charge in [0.2, 0.25) is 0 Å². The van der Waals surface area contributed by atoms with Crippen molar-refractivity contribution in [2.45, 2.75) is 13.1 Å². The van der Waals surface area contributed by atoms with Crippen LogP contribution in [0.5, 0.6) is 5.75 Å². The lowest BCUT2D eigenvalue weighted by atomic mass is 10.1. The maximum atomic E-state index is 8.91. The molecule has 0 atom stereocenters. The molecule has 0 radical (unpaired) electrons. The predicted molar refractivity (Wildman–Crippen MR) is 85.5 cm³/mol. The molecule has 2 aromatic carbocycles. The molecule has 0 aliphatic rings. The topological polar surface area (TPSA) is 54.3 Å². The molecule has 22 heavy (non-hydrogen) atoms. The van der Waals surface area contributed by atoms with Crippen molar-refractivity contribution in [2.75, 3.05) is 20.3 Å². The number of hydrogen-bond donors (Lipinski definition) is 1. The molecule has 0 saturated heterocycles. The Morgan fingerprint density at radius 3 is 2.73 bits per heavy atom. The molecule has 0 fully saturated rings. The van der Waals surface area contributed by atoms with E-state index in [1.165, 1.54) is 0 Å². The van der Waals surface area contributed by atoms with Crippen LogP contribution in [0.15, 0.2) is 48.5 Å². The number of nitriles is 1. The van der Waals surface area contributed by atoms with Gasteiger partial charge in [0.05, 0.1) is 18.2 Å². The summed E-state index contributed by atoms with van der Waals surface area (Å²) in [4.78, 5) is 0. The van der Waals surface area contributed by atoms with Crippen molar-refractivity contribution < 1.29 is 9.47 Å². The van der Waals surface area contributed by atoms with Crippen LogP contribution in [0.25, 0.3) is 0 Å². The van der Waals surface area contributed by atoms with Crippen molar-refractivity contribution in [1.29, 1.82) is 5.26 Å². The van der Waals surface area contributed by atoms with Crippen LogP contribution in [0.1, 0.15) is 16.7 Å². The highest BCUT2D eigenvalue weighted by Crippen LogP contribution is 2.17. The largest absolute Gasteiger partial charge is 0.491 e. The van der Waals surface area contributed by atoms with E-state index in [-0.39, 0.29) is 0 Å². The fourth-order valence-electron chi connectivity index (χ4n) is 2.12. The average molecular weight is 296 g/mol. The number of ether oxygens (including phenoxy) is 2. The van der Waals surface area contributed by atoms with E-state index in [9.17, 15) is 0 Å². The lowest BCUT2D eigenvalue weighted by Gasteiger charge is -2.12. The number of para-hydroxylation sites is 1. The second-order valence-electron chi connectivity index (χ2n) is 4.86. The molecule has 0 heterocycles. The molecular weight excluding hydrogens is 276 g/mol. The highest BCUT2D eigenvalue weighted by atomic mass is 16.5.